The van der Waals surface area contributed by atoms with Crippen LogP contribution in [0, 0.1) is 0 Å². The van der Waals surface area contributed by atoms with E-state index in [1.807, 2.05) is 18.3 Å². The van der Waals surface area contributed by atoms with Crippen LogP contribution < -0.4 is 15.5 Å². The van der Waals surface area contributed by atoms with Crippen LogP contribution in [0.25, 0.3) is 11.3 Å². The Morgan fingerprint density at radius 1 is 1.20 bits per heavy atom. The highest BCUT2D eigenvalue weighted by molar-refractivity contribution is 6.32. The van der Waals surface area contributed by atoms with Crippen molar-refractivity contribution in [2.45, 2.75) is 39.2 Å². The topological polar surface area (TPSA) is 94.7 Å². The number of piperazine rings is 1. The first kappa shape index (κ1) is 20.6. The molecule has 0 bridgehead atoms. The van der Waals surface area contributed by atoms with E-state index < -0.39 is 0 Å². The Bertz CT molecular complexity index is 1010. The van der Waals surface area contributed by atoms with Crippen LogP contribution in [0.3, 0.4) is 0 Å². The molecule has 1 aliphatic heterocycles. The lowest BCUT2D eigenvalue weighted by Gasteiger charge is -2.40. The predicted molar refractivity (Wildman–Crippen MR) is 121 cm³/mol. The van der Waals surface area contributed by atoms with Crippen LogP contribution in [0.4, 0.5) is 17.5 Å². The van der Waals surface area contributed by atoms with Crippen molar-refractivity contribution in [3.63, 3.8) is 0 Å². The van der Waals surface area contributed by atoms with Gasteiger partial charge in [0, 0.05) is 37.1 Å². The number of pyridine rings is 1. The monoisotopic (exact) mass is 426 g/mol. The Kier molecular flexibility index (Phi) is 5.62. The fourth-order valence-electron chi connectivity index (χ4n) is 3.68. The highest BCUT2D eigenvalue weighted by atomic mass is 35.5. The molecule has 0 amide bonds. The molecule has 158 valence electrons. The zero-order valence-corrected chi connectivity index (χ0v) is 18.5. The van der Waals surface area contributed by atoms with Gasteiger partial charge in [-0.1, -0.05) is 25.4 Å². The zero-order chi connectivity index (χ0) is 21.3. The third-order valence-corrected chi connectivity index (χ3v) is 5.44. The minimum atomic E-state index is 0.0899. The van der Waals surface area contributed by atoms with Gasteiger partial charge in [0.2, 0.25) is 5.95 Å². The molecule has 4 heterocycles. The maximum absolute atomic E-state index is 6.30. The van der Waals surface area contributed by atoms with E-state index in [9.17, 15) is 0 Å². The smallest absolute Gasteiger partial charge is 0.228 e. The highest BCUT2D eigenvalue weighted by Crippen LogP contribution is 2.32. The van der Waals surface area contributed by atoms with Gasteiger partial charge in [-0.2, -0.15) is 5.10 Å². The fraction of sp³-hybridized carbons (Fsp3) is 0.429. The first-order valence-electron chi connectivity index (χ1n) is 10.1. The normalized spacial score (nSPS) is 16.1. The minimum absolute atomic E-state index is 0.0899. The van der Waals surface area contributed by atoms with Gasteiger partial charge in [0.15, 0.2) is 5.15 Å². The summed E-state index contributed by atoms with van der Waals surface area (Å²) in [5.41, 5.74) is 3.67. The molecule has 0 spiro atoms. The van der Waals surface area contributed by atoms with Gasteiger partial charge in [-0.3, -0.25) is 5.10 Å². The van der Waals surface area contributed by atoms with E-state index in [0.29, 0.717) is 16.9 Å². The van der Waals surface area contributed by atoms with Gasteiger partial charge in [-0.15, -0.1) is 0 Å². The molecule has 4 rings (SSSR count). The molecule has 3 aromatic heterocycles. The number of hydrogen-bond donors (Lipinski definition) is 3. The molecule has 1 saturated heterocycles. The third kappa shape index (κ3) is 4.39. The first-order valence-corrected chi connectivity index (χ1v) is 10.5. The standard InChI is InChI=1S/C21H27ClN8/c1-13(2)18-17(19(22)29-28-18)15-7-8-23-20(26-15)27-16-6-5-14(11-24-16)30-10-9-25-21(3,4)12-30/h5-8,11,13,25H,9-10,12H2,1-4H3,(H,28,29)(H,23,24,26,27). The number of halogens is 1. The van der Waals surface area contributed by atoms with Crippen LogP contribution in [0.2, 0.25) is 5.15 Å². The van der Waals surface area contributed by atoms with Crippen molar-refractivity contribution in [3.8, 4) is 11.3 Å². The van der Waals surface area contributed by atoms with Gasteiger partial charge in [0.25, 0.3) is 0 Å². The van der Waals surface area contributed by atoms with Crippen LogP contribution >= 0.6 is 11.6 Å². The molecule has 3 N–H and O–H groups in total. The number of aromatic nitrogens is 5. The second kappa shape index (κ2) is 8.20. The van der Waals surface area contributed by atoms with Gasteiger partial charge >= 0.3 is 0 Å². The predicted octanol–water partition coefficient (Wildman–Crippen LogP) is 3.97. The van der Waals surface area contributed by atoms with Crippen LogP contribution in [0.15, 0.2) is 30.6 Å². The van der Waals surface area contributed by atoms with E-state index >= 15 is 0 Å². The lowest BCUT2D eigenvalue weighted by Crippen LogP contribution is -2.57. The second-order valence-corrected chi connectivity index (χ2v) is 8.84. The molecule has 1 fully saturated rings. The Morgan fingerprint density at radius 3 is 2.73 bits per heavy atom. The Morgan fingerprint density at radius 2 is 2.03 bits per heavy atom. The summed E-state index contributed by atoms with van der Waals surface area (Å²) in [5, 5.41) is 14.2. The van der Waals surface area contributed by atoms with E-state index in [-0.39, 0.29) is 11.5 Å². The van der Waals surface area contributed by atoms with Crippen LogP contribution in [-0.4, -0.2) is 50.3 Å². The summed E-state index contributed by atoms with van der Waals surface area (Å²) in [6.07, 6.45) is 3.59. The molecule has 3 aromatic rings. The van der Waals surface area contributed by atoms with Crippen molar-refractivity contribution in [2.24, 2.45) is 0 Å². The summed E-state index contributed by atoms with van der Waals surface area (Å²) in [6, 6.07) is 5.85. The average Bonchev–Trinajstić information content (AvgIpc) is 3.10. The summed E-state index contributed by atoms with van der Waals surface area (Å²) in [7, 11) is 0. The van der Waals surface area contributed by atoms with E-state index in [1.165, 1.54) is 0 Å². The summed E-state index contributed by atoms with van der Waals surface area (Å²) in [6.45, 7) is 11.5. The second-order valence-electron chi connectivity index (χ2n) is 8.48. The lowest BCUT2D eigenvalue weighted by molar-refractivity contribution is 0.353. The summed E-state index contributed by atoms with van der Waals surface area (Å²) in [4.78, 5) is 15.8. The highest BCUT2D eigenvalue weighted by Gasteiger charge is 2.26. The Balaban J connectivity index is 1.52. The van der Waals surface area contributed by atoms with Crippen LogP contribution in [-0.2, 0) is 0 Å². The fourth-order valence-corrected chi connectivity index (χ4v) is 3.92. The van der Waals surface area contributed by atoms with Crippen molar-refractivity contribution < 1.29 is 0 Å². The molecule has 0 atom stereocenters. The molecule has 8 nitrogen and oxygen atoms in total. The van der Waals surface area contributed by atoms with Crippen molar-refractivity contribution in [3.05, 3.63) is 41.4 Å². The van der Waals surface area contributed by atoms with Crippen molar-refractivity contribution in [2.75, 3.05) is 29.9 Å². The molecule has 0 saturated carbocycles. The number of rotatable bonds is 5. The molecule has 30 heavy (non-hydrogen) atoms. The average molecular weight is 427 g/mol. The van der Waals surface area contributed by atoms with Crippen LogP contribution in [0.1, 0.15) is 39.3 Å². The first-order chi connectivity index (χ1) is 14.3. The number of nitrogens with zero attached hydrogens (tertiary/aromatic N) is 5. The Hall–Kier alpha value is -2.71. The lowest BCUT2D eigenvalue weighted by atomic mass is 10.0. The van der Waals surface area contributed by atoms with Crippen molar-refractivity contribution >= 4 is 29.1 Å². The van der Waals surface area contributed by atoms with E-state index in [0.717, 1.165) is 42.3 Å². The van der Waals surface area contributed by atoms with Gasteiger partial charge < -0.3 is 15.5 Å². The quantitative estimate of drug-likeness (QED) is 0.568. The number of nitrogens with one attached hydrogen (secondary N) is 3. The number of aromatic amines is 1. The summed E-state index contributed by atoms with van der Waals surface area (Å²) < 4.78 is 0. The molecule has 0 aliphatic carbocycles. The molecule has 0 unspecified atom stereocenters. The van der Waals surface area contributed by atoms with E-state index in [4.69, 9.17) is 11.6 Å². The largest absolute Gasteiger partial charge is 0.367 e. The number of H-pyrrole nitrogens is 1. The number of anilines is 3. The van der Waals surface area contributed by atoms with E-state index in [1.54, 1.807) is 6.20 Å². The molecule has 0 radical (unpaired) electrons. The molecule has 1 aliphatic rings. The van der Waals surface area contributed by atoms with Crippen molar-refractivity contribution in [1.82, 2.24) is 30.5 Å². The SMILES string of the molecule is CC(C)c1[nH]nc(Cl)c1-c1ccnc(Nc2ccc(N3CCNC(C)(C)C3)cn2)n1. The van der Waals surface area contributed by atoms with Gasteiger partial charge in [-0.05, 0) is 38.0 Å². The van der Waals surface area contributed by atoms with Crippen molar-refractivity contribution in [1.29, 1.82) is 0 Å². The molecule has 9 heteroatoms. The molecule has 0 aromatic carbocycles. The van der Waals surface area contributed by atoms with Gasteiger partial charge in [0.1, 0.15) is 5.82 Å². The van der Waals surface area contributed by atoms with Crippen LogP contribution in [0.5, 0.6) is 0 Å². The van der Waals surface area contributed by atoms with Gasteiger partial charge in [-0.25, -0.2) is 15.0 Å². The molecular formula is C21H27ClN8. The summed E-state index contributed by atoms with van der Waals surface area (Å²) in [5.74, 6) is 1.39. The summed E-state index contributed by atoms with van der Waals surface area (Å²) >= 11 is 6.30. The Labute approximate surface area is 181 Å². The van der Waals surface area contributed by atoms with Gasteiger partial charge in [0.05, 0.1) is 23.1 Å². The zero-order valence-electron chi connectivity index (χ0n) is 17.7. The van der Waals surface area contributed by atoms with E-state index in [2.05, 4.69) is 74.4 Å². The maximum atomic E-state index is 6.30. The molecular weight excluding hydrogens is 400 g/mol. The number of hydrogen-bond acceptors (Lipinski definition) is 7. The minimum Gasteiger partial charge on any atom is -0.367 e. The third-order valence-electron chi connectivity index (χ3n) is 5.16. The maximum Gasteiger partial charge on any atom is 0.228 e.